The van der Waals surface area contributed by atoms with Crippen molar-refractivity contribution in [3.8, 4) is 17.6 Å². The fraction of sp³-hybridized carbons (Fsp3) is 0.211. The molecule has 1 atom stereocenters. The van der Waals surface area contributed by atoms with Crippen molar-refractivity contribution in [2.75, 3.05) is 17.6 Å². The number of nitrogens with one attached hydrogen (secondary N) is 1. The van der Waals surface area contributed by atoms with Gasteiger partial charge in [-0.05, 0) is 28.5 Å². The van der Waals surface area contributed by atoms with E-state index in [2.05, 4.69) is 31.7 Å². The van der Waals surface area contributed by atoms with E-state index < -0.39 is 6.10 Å². The zero-order chi connectivity index (χ0) is 20.2. The number of aliphatic hydroxyl groups is 1. The summed E-state index contributed by atoms with van der Waals surface area (Å²) in [4.78, 5) is 8.69. The lowest BCUT2D eigenvalue weighted by Crippen LogP contribution is -2.11. The van der Waals surface area contributed by atoms with Gasteiger partial charge in [0, 0.05) is 18.3 Å². The number of benzene rings is 1. The molecule has 4 N–H and O–H groups in total. The van der Waals surface area contributed by atoms with Crippen LogP contribution >= 0.6 is 0 Å². The molecule has 0 aliphatic heterocycles. The minimum Gasteiger partial charge on any atom is -0.386 e. The number of nitrogens with zero attached hydrogens (tertiary/aromatic N) is 6. The molecule has 10 heteroatoms. The molecule has 4 rings (SSSR count). The zero-order valence-electron chi connectivity index (χ0n) is 15.4. The lowest BCUT2D eigenvalue weighted by Gasteiger charge is -2.14. The summed E-state index contributed by atoms with van der Waals surface area (Å²) >= 11 is 0. The Balaban J connectivity index is 1.73. The van der Waals surface area contributed by atoms with Crippen LogP contribution in [0.4, 0.5) is 11.6 Å². The van der Waals surface area contributed by atoms with Gasteiger partial charge in [0.1, 0.15) is 5.82 Å². The van der Waals surface area contributed by atoms with Gasteiger partial charge in [-0.1, -0.05) is 18.2 Å². The van der Waals surface area contributed by atoms with Gasteiger partial charge in [-0.25, -0.2) is 14.6 Å². The highest BCUT2D eigenvalue weighted by atomic mass is 16.6. The molecule has 4 aromatic rings. The second-order valence-corrected chi connectivity index (χ2v) is 6.36. The van der Waals surface area contributed by atoms with Crippen molar-refractivity contribution < 1.29 is 9.74 Å². The fourth-order valence-electron chi connectivity index (χ4n) is 3.02. The number of aliphatic hydroxyl groups excluding tert-OH is 1. The predicted octanol–water partition coefficient (Wildman–Crippen LogP) is 2.12. The van der Waals surface area contributed by atoms with E-state index in [0.717, 1.165) is 11.0 Å². The molecular weight excluding hydrogens is 372 g/mol. The highest BCUT2D eigenvalue weighted by Crippen LogP contribution is 2.30. The van der Waals surface area contributed by atoms with E-state index in [4.69, 9.17) is 15.6 Å². The van der Waals surface area contributed by atoms with E-state index in [1.54, 1.807) is 18.3 Å². The first-order chi connectivity index (χ1) is 14.2. The van der Waals surface area contributed by atoms with Crippen molar-refractivity contribution in [3.05, 3.63) is 48.2 Å². The number of nitriles is 1. The number of nitrogens with two attached hydrogens (primary N) is 1. The van der Waals surface area contributed by atoms with Crippen molar-refractivity contribution in [2.24, 2.45) is 0 Å². The highest BCUT2D eigenvalue weighted by Gasteiger charge is 2.22. The van der Waals surface area contributed by atoms with Crippen molar-refractivity contribution in [3.63, 3.8) is 0 Å². The number of rotatable bonds is 7. The number of nitrogen functional groups attached to an aromatic ring is 1. The van der Waals surface area contributed by atoms with E-state index in [0.29, 0.717) is 41.7 Å². The van der Waals surface area contributed by atoms with E-state index in [9.17, 15) is 5.11 Å². The molecule has 0 aliphatic rings. The summed E-state index contributed by atoms with van der Waals surface area (Å²) < 4.78 is 6.75. The summed E-state index contributed by atoms with van der Waals surface area (Å²) in [6, 6.07) is 13.0. The van der Waals surface area contributed by atoms with Crippen LogP contribution in [0.2, 0.25) is 0 Å². The monoisotopic (exact) mass is 390 g/mol. The van der Waals surface area contributed by atoms with Gasteiger partial charge in [-0.2, -0.15) is 5.26 Å². The molecule has 0 saturated heterocycles. The smallest absolute Gasteiger partial charge is 0.202 e. The molecule has 0 amide bonds. The number of pyridine rings is 1. The number of fused-ring (bicyclic) bond motifs is 1. The summed E-state index contributed by atoms with van der Waals surface area (Å²) in [6.45, 7) is 0.615. The van der Waals surface area contributed by atoms with Crippen molar-refractivity contribution >= 4 is 22.7 Å². The number of hydrogen-bond donors (Lipinski definition) is 3. The third-order valence-corrected chi connectivity index (χ3v) is 4.43. The van der Waals surface area contributed by atoms with Crippen LogP contribution in [0.1, 0.15) is 18.1 Å². The lowest BCUT2D eigenvalue weighted by molar-refractivity contribution is 0.158. The number of aromatic nitrogens is 5. The van der Waals surface area contributed by atoms with Gasteiger partial charge < -0.3 is 20.7 Å². The topological polar surface area (TPSA) is 152 Å². The van der Waals surface area contributed by atoms with Gasteiger partial charge in [-0.3, -0.25) is 0 Å². The molecule has 29 heavy (non-hydrogen) atoms. The van der Waals surface area contributed by atoms with Crippen molar-refractivity contribution in [1.29, 1.82) is 5.26 Å². The van der Waals surface area contributed by atoms with Crippen LogP contribution in [0.3, 0.4) is 0 Å². The van der Waals surface area contributed by atoms with Crippen molar-refractivity contribution in [1.82, 2.24) is 24.8 Å². The Kier molecular flexibility index (Phi) is 5.05. The maximum Gasteiger partial charge on any atom is 0.202 e. The van der Waals surface area contributed by atoms with E-state index in [1.165, 1.54) is 0 Å². The van der Waals surface area contributed by atoms with Crippen LogP contribution in [0.25, 0.3) is 22.6 Å². The standard InChI is InChI=1S/C19H18N8O2/c20-8-3-9-22-18-17(25-29-26-18)19-24-13-4-1-2-5-14(13)27(19)11-15(28)12-6-7-16(21)23-10-12/h1-2,4-7,10,15,28H,3,9,11H2,(H2,21,23)(H,22,26). The Morgan fingerprint density at radius 2 is 2.10 bits per heavy atom. The summed E-state index contributed by atoms with van der Waals surface area (Å²) in [7, 11) is 0. The predicted molar refractivity (Wildman–Crippen MR) is 105 cm³/mol. The fourth-order valence-corrected chi connectivity index (χ4v) is 3.02. The molecule has 0 aliphatic carbocycles. The Bertz CT molecular complexity index is 1160. The largest absolute Gasteiger partial charge is 0.386 e. The number of hydrogen-bond acceptors (Lipinski definition) is 9. The molecule has 1 unspecified atom stereocenters. The maximum absolute atomic E-state index is 10.8. The third kappa shape index (κ3) is 3.71. The number of para-hydroxylation sites is 2. The summed E-state index contributed by atoms with van der Waals surface area (Å²) in [5.74, 6) is 1.27. The Hall–Kier alpha value is -3.97. The Labute approximate surface area is 165 Å². The summed E-state index contributed by atoms with van der Waals surface area (Å²) in [6.07, 6.45) is 1.02. The minimum absolute atomic E-state index is 0.214. The molecule has 0 bridgehead atoms. The SMILES string of the molecule is N#CCCNc1nonc1-c1nc2ccccc2n1CC(O)c1ccc(N)nc1. The average molecular weight is 390 g/mol. The van der Waals surface area contributed by atoms with Gasteiger partial charge in [0.2, 0.25) is 5.82 Å². The van der Waals surface area contributed by atoms with Crippen molar-refractivity contribution in [2.45, 2.75) is 19.1 Å². The average Bonchev–Trinajstić information content (AvgIpc) is 3.33. The normalized spacial score (nSPS) is 12.0. The zero-order valence-corrected chi connectivity index (χ0v) is 15.4. The van der Waals surface area contributed by atoms with E-state index >= 15 is 0 Å². The quantitative estimate of drug-likeness (QED) is 0.403. The first kappa shape index (κ1) is 18.4. The molecular formula is C19H18N8O2. The second-order valence-electron chi connectivity index (χ2n) is 6.36. The van der Waals surface area contributed by atoms with E-state index in [-0.39, 0.29) is 6.54 Å². The van der Waals surface area contributed by atoms with Crippen LogP contribution < -0.4 is 11.1 Å². The molecule has 3 aromatic heterocycles. The highest BCUT2D eigenvalue weighted by molar-refractivity contribution is 5.81. The van der Waals surface area contributed by atoms with Gasteiger partial charge in [0.25, 0.3) is 0 Å². The Morgan fingerprint density at radius 1 is 1.24 bits per heavy atom. The first-order valence-corrected chi connectivity index (χ1v) is 8.96. The van der Waals surface area contributed by atoms with Gasteiger partial charge >= 0.3 is 0 Å². The Morgan fingerprint density at radius 3 is 2.90 bits per heavy atom. The minimum atomic E-state index is -0.839. The maximum atomic E-state index is 10.8. The summed E-state index contributed by atoms with van der Waals surface area (Å²) in [5.41, 5.74) is 8.24. The molecule has 1 aromatic carbocycles. The second kappa shape index (κ2) is 7.95. The van der Waals surface area contributed by atoms with Crippen LogP contribution in [0.5, 0.6) is 0 Å². The van der Waals surface area contributed by atoms with Gasteiger partial charge in [-0.15, -0.1) is 0 Å². The molecule has 0 radical (unpaired) electrons. The molecule has 10 nitrogen and oxygen atoms in total. The van der Waals surface area contributed by atoms with Crippen LogP contribution in [-0.4, -0.2) is 36.5 Å². The van der Waals surface area contributed by atoms with Crippen LogP contribution in [0, 0.1) is 11.3 Å². The molecule has 0 saturated carbocycles. The third-order valence-electron chi connectivity index (χ3n) is 4.43. The molecule has 3 heterocycles. The molecule has 146 valence electrons. The molecule has 0 fully saturated rings. The summed E-state index contributed by atoms with van der Waals surface area (Å²) in [5, 5.41) is 30.4. The van der Waals surface area contributed by atoms with Gasteiger partial charge in [0.15, 0.2) is 11.5 Å². The van der Waals surface area contributed by atoms with E-state index in [1.807, 2.05) is 28.8 Å². The lowest BCUT2D eigenvalue weighted by atomic mass is 10.1. The number of anilines is 2. The van der Waals surface area contributed by atoms with Crippen LogP contribution in [0.15, 0.2) is 47.2 Å². The van der Waals surface area contributed by atoms with Crippen LogP contribution in [-0.2, 0) is 6.54 Å². The first-order valence-electron chi connectivity index (χ1n) is 8.96. The molecule has 0 spiro atoms. The van der Waals surface area contributed by atoms with Gasteiger partial charge in [0.05, 0.1) is 36.2 Å². The number of imidazole rings is 1.